The highest BCUT2D eigenvalue weighted by atomic mass is 35.5. The quantitative estimate of drug-likeness (QED) is 0.509. The Balaban J connectivity index is 0.00000370. The van der Waals surface area contributed by atoms with Crippen LogP contribution in [0.1, 0.15) is 46.5 Å². The van der Waals surface area contributed by atoms with E-state index in [1.807, 2.05) is 76.5 Å². The van der Waals surface area contributed by atoms with Crippen molar-refractivity contribution in [1.29, 1.82) is 0 Å². The number of hydrogen-bond donors (Lipinski definition) is 2. The number of rotatable bonds is 3. The number of carbonyl (C=O) groups is 3. The first kappa shape index (κ1) is 29.3. The molecule has 2 fully saturated rings. The molecule has 0 saturated carbocycles. The van der Waals surface area contributed by atoms with Gasteiger partial charge in [-0.2, -0.15) is 5.10 Å². The second-order valence-electron chi connectivity index (χ2n) is 10.3. The molecule has 3 amide bonds. The minimum Gasteiger partial charge on any atom is -0.355 e. The van der Waals surface area contributed by atoms with Crippen LogP contribution >= 0.6 is 12.4 Å². The molecule has 3 aromatic rings. The molecule has 2 atom stereocenters. The van der Waals surface area contributed by atoms with Gasteiger partial charge in [0, 0.05) is 56.9 Å². The maximum absolute atomic E-state index is 13.7. The predicted octanol–water partition coefficient (Wildman–Crippen LogP) is 3.12. The van der Waals surface area contributed by atoms with Gasteiger partial charge in [0.2, 0.25) is 5.91 Å². The van der Waals surface area contributed by atoms with Crippen molar-refractivity contribution in [3.63, 3.8) is 0 Å². The number of halogens is 1. The van der Waals surface area contributed by atoms with E-state index in [1.54, 1.807) is 11.7 Å². The van der Waals surface area contributed by atoms with Crippen molar-refractivity contribution < 1.29 is 14.4 Å². The summed E-state index contributed by atoms with van der Waals surface area (Å²) in [4.78, 5) is 43.7. The molecule has 5 rings (SSSR count). The molecule has 0 aliphatic carbocycles. The van der Waals surface area contributed by atoms with Gasteiger partial charge in [-0.05, 0) is 43.9 Å². The van der Waals surface area contributed by atoms with Crippen molar-refractivity contribution >= 4 is 30.1 Å². The molecule has 10 heteroatoms. The van der Waals surface area contributed by atoms with Crippen molar-refractivity contribution in [1.82, 2.24) is 30.2 Å². The van der Waals surface area contributed by atoms with E-state index in [9.17, 15) is 14.4 Å². The molecule has 2 aliphatic rings. The standard InChI is InChI=1S/C30H36N6O3.ClH/c1-34-27(20-25(33-34)22-11-4-2-5-12-22)30(39)35-16-9-8-15-31-28(37)26-19-24(21-32-26)36(18-10-17-35)29(38)23-13-6-3-7-14-23;/h2-7,11-14,20,24,26,32H,8-10,15-19,21H2,1H3,(H,31,37);1H/t24-,26-;/m0./s1. The fourth-order valence-electron chi connectivity index (χ4n) is 5.44. The summed E-state index contributed by atoms with van der Waals surface area (Å²) in [5.41, 5.74) is 2.88. The molecule has 1 aromatic heterocycles. The van der Waals surface area contributed by atoms with Crippen LogP contribution < -0.4 is 10.6 Å². The molecular formula is C30H37ClN6O3. The number of amides is 3. The second-order valence-corrected chi connectivity index (χ2v) is 10.3. The highest BCUT2D eigenvalue weighted by Gasteiger charge is 2.35. The fourth-order valence-corrected chi connectivity index (χ4v) is 5.44. The molecule has 0 unspecified atom stereocenters. The molecule has 0 spiro atoms. The predicted molar refractivity (Wildman–Crippen MR) is 156 cm³/mol. The summed E-state index contributed by atoms with van der Waals surface area (Å²) in [6, 6.07) is 20.5. The third-order valence-corrected chi connectivity index (χ3v) is 7.58. The summed E-state index contributed by atoms with van der Waals surface area (Å²) in [5, 5.41) is 10.9. The molecule has 3 heterocycles. The van der Waals surface area contributed by atoms with Gasteiger partial charge in [0.05, 0.1) is 11.7 Å². The molecule has 2 bridgehead atoms. The van der Waals surface area contributed by atoms with E-state index in [1.165, 1.54) is 0 Å². The lowest BCUT2D eigenvalue weighted by atomic mass is 10.1. The summed E-state index contributed by atoms with van der Waals surface area (Å²) in [5.74, 6) is -0.155. The Morgan fingerprint density at radius 1 is 0.900 bits per heavy atom. The van der Waals surface area contributed by atoms with Crippen molar-refractivity contribution in [2.75, 3.05) is 32.7 Å². The lowest BCUT2D eigenvalue weighted by molar-refractivity contribution is -0.122. The molecular weight excluding hydrogens is 528 g/mol. The first-order valence-electron chi connectivity index (χ1n) is 13.8. The average molecular weight is 565 g/mol. The maximum atomic E-state index is 13.7. The molecule has 0 radical (unpaired) electrons. The number of fused-ring (bicyclic) bond motifs is 2. The van der Waals surface area contributed by atoms with E-state index in [4.69, 9.17) is 0 Å². The Labute approximate surface area is 241 Å². The maximum Gasteiger partial charge on any atom is 0.272 e. The first-order chi connectivity index (χ1) is 19.0. The highest BCUT2D eigenvalue weighted by Crippen LogP contribution is 2.21. The van der Waals surface area contributed by atoms with Gasteiger partial charge in [0.15, 0.2) is 0 Å². The molecule has 2 aliphatic heterocycles. The molecule has 212 valence electrons. The van der Waals surface area contributed by atoms with Crippen LogP contribution in [-0.2, 0) is 11.8 Å². The van der Waals surface area contributed by atoms with Crippen LogP contribution in [0.5, 0.6) is 0 Å². The Morgan fingerprint density at radius 2 is 1.60 bits per heavy atom. The normalized spacial score (nSPS) is 20.3. The number of aromatic nitrogens is 2. The summed E-state index contributed by atoms with van der Waals surface area (Å²) in [6.07, 6.45) is 2.76. The lowest BCUT2D eigenvalue weighted by Crippen LogP contribution is -2.44. The van der Waals surface area contributed by atoms with Gasteiger partial charge in [0.25, 0.3) is 11.8 Å². The van der Waals surface area contributed by atoms with Gasteiger partial charge in [-0.25, -0.2) is 0 Å². The summed E-state index contributed by atoms with van der Waals surface area (Å²) in [7, 11) is 1.79. The first-order valence-corrected chi connectivity index (χ1v) is 13.8. The largest absolute Gasteiger partial charge is 0.355 e. The van der Waals surface area contributed by atoms with Crippen LogP contribution in [0.3, 0.4) is 0 Å². The number of hydrogen-bond acceptors (Lipinski definition) is 5. The highest BCUT2D eigenvalue weighted by molar-refractivity contribution is 5.95. The number of carbonyl (C=O) groups excluding carboxylic acids is 3. The minimum atomic E-state index is -0.300. The van der Waals surface area contributed by atoms with Crippen molar-refractivity contribution in [3.05, 3.63) is 78.0 Å². The zero-order valence-electron chi connectivity index (χ0n) is 22.8. The fraction of sp³-hybridized carbons (Fsp3) is 0.400. The van der Waals surface area contributed by atoms with Gasteiger partial charge in [-0.15, -0.1) is 12.4 Å². The Morgan fingerprint density at radius 3 is 2.35 bits per heavy atom. The number of nitrogens with zero attached hydrogens (tertiary/aromatic N) is 4. The van der Waals surface area contributed by atoms with Gasteiger partial charge < -0.3 is 20.4 Å². The topological polar surface area (TPSA) is 99.6 Å². The van der Waals surface area contributed by atoms with Crippen LogP contribution in [0.4, 0.5) is 0 Å². The minimum absolute atomic E-state index is 0. The van der Waals surface area contributed by atoms with Gasteiger partial charge in [0.1, 0.15) is 5.69 Å². The van der Waals surface area contributed by atoms with Gasteiger partial charge in [-0.1, -0.05) is 48.5 Å². The van der Waals surface area contributed by atoms with Crippen LogP contribution in [0.25, 0.3) is 11.3 Å². The smallest absolute Gasteiger partial charge is 0.272 e. The van der Waals surface area contributed by atoms with E-state index in [0.717, 1.165) is 24.1 Å². The van der Waals surface area contributed by atoms with E-state index < -0.39 is 0 Å². The number of aryl methyl sites for hydroxylation is 1. The van der Waals surface area contributed by atoms with E-state index >= 15 is 0 Å². The Hall–Kier alpha value is -3.69. The third kappa shape index (κ3) is 6.71. The van der Waals surface area contributed by atoms with E-state index in [2.05, 4.69) is 15.7 Å². The van der Waals surface area contributed by atoms with Crippen LogP contribution in [0, 0.1) is 0 Å². The van der Waals surface area contributed by atoms with Crippen LogP contribution in [0.15, 0.2) is 66.7 Å². The monoisotopic (exact) mass is 564 g/mol. The zero-order chi connectivity index (χ0) is 27.2. The number of nitrogens with one attached hydrogen (secondary N) is 2. The molecule has 40 heavy (non-hydrogen) atoms. The molecule has 2 N–H and O–H groups in total. The zero-order valence-corrected chi connectivity index (χ0v) is 23.6. The second kappa shape index (κ2) is 13.6. The van der Waals surface area contributed by atoms with Crippen LogP contribution in [0.2, 0.25) is 0 Å². The van der Waals surface area contributed by atoms with Gasteiger partial charge in [-0.3, -0.25) is 19.1 Å². The third-order valence-electron chi connectivity index (χ3n) is 7.58. The molecule has 2 aromatic carbocycles. The van der Waals surface area contributed by atoms with Crippen molar-refractivity contribution in [2.45, 2.75) is 37.8 Å². The van der Waals surface area contributed by atoms with E-state index in [0.29, 0.717) is 56.8 Å². The van der Waals surface area contributed by atoms with Crippen molar-refractivity contribution in [3.8, 4) is 11.3 Å². The number of benzene rings is 2. The van der Waals surface area contributed by atoms with Crippen LogP contribution in [-0.4, -0.2) is 82.1 Å². The SMILES string of the molecule is Cl.Cn1nc(-c2ccccc2)cc1C(=O)N1CCCCNC(=O)[C@@H]2C[C@@H](CN2)N(C(=O)c2ccccc2)CCC1. The molecule has 2 saturated heterocycles. The Kier molecular flexibility index (Phi) is 9.95. The summed E-state index contributed by atoms with van der Waals surface area (Å²) < 4.78 is 1.64. The lowest BCUT2D eigenvalue weighted by Gasteiger charge is -2.30. The molecule has 9 nitrogen and oxygen atoms in total. The van der Waals surface area contributed by atoms with Gasteiger partial charge >= 0.3 is 0 Å². The Bertz CT molecular complexity index is 1300. The van der Waals surface area contributed by atoms with E-state index in [-0.39, 0.29) is 42.2 Å². The average Bonchev–Trinajstić information content (AvgIpc) is 3.61. The van der Waals surface area contributed by atoms with Crippen molar-refractivity contribution in [2.24, 2.45) is 7.05 Å². The summed E-state index contributed by atoms with van der Waals surface area (Å²) >= 11 is 0. The summed E-state index contributed by atoms with van der Waals surface area (Å²) in [6.45, 7) is 2.72.